The van der Waals surface area contributed by atoms with Crippen LogP contribution >= 0.6 is 0 Å². The van der Waals surface area contributed by atoms with Gasteiger partial charge in [0, 0.05) is 31.4 Å². The van der Waals surface area contributed by atoms with Crippen molar-refractivity contribution >= 4 is 5.91 Å². The molecular formula is C20H27N3O. The van der Waals surface area contributed by atoms with Crippen molar-refractivity contribution in [2.45, 2.75) is 38.3 Å². The molecule has 0 unspecified atom stereocenters. The van der Waals surface area contributed by atoms with Crippen LogP contribution in [0.1, 0.15) is 31.4 Å². The molecule has 1 fully saturated rings. The van der Waals surface area contributed by atoms with E-state index in [9.17, 15) is 4.79 Å². The maximum Gasteiger partial charge on any atom is 0.243 e. The van der Waals surface area contributed by atoms with Crippen LogP contribution in [0.5, 0.6) is 0 Å². The summed E-state index contributed by atoms with van der Waals surface area (Å²) in [6.45, 7) is 5.16. The molecule has 2 heterocycles. The molecule has 2 aromatic rings. The number of likely N-dealkylation sites (tertiary alicyclic amines) is 1. The molecule has 0 saturated carbocycles. The molecular weight excluding hydrogens is 298 g/mol. The third-order valence-corrected chi connectivity index (χ3v) is 4.98. The van der Waals surface area contributed by atoms with Crippen LogP contribution in [0.15, 0.2) is 54.9 Å². The number of hydrogen-bond acceptors (Lipinski definition) is 2. The van der Waals surface area contributed by atoms with E-state index in [0.29, 0.717) is 12.5 Å². The van der Waals surface area contributed by atoms with Gasteiger partial charge in [-0.3, -0.25) is 9.69 Å². The molecule has 1 aromatic heterocycles. The number of hydrogen-bond donors (Lipinski definition) is 1. The molecule has 0 spiro atoms. The number of carbonyl (C=O) groups is 1. The van der Waals surface area contributed by atoms with E-state index in [-0.39, 0.29) is 11.9 Å². The van der Waals surface area contributed by atoms with Crippen LogP contribution in [-0.4, -0.2) is 41.1 Å². The first-order chi connectivity index (χ1) is 11.8. The normalized spacial score (nSPS) is 19.3. The van der Waals surface area contributed by atoms with E-state index in [1.165, 1.54) is 18.4 Å². The van der Waals surface area contributed by atoms with E-state index >= 15 is 0 Å². The van der Waals surface area contributed by atoms with Gasteiger partial charge in [0.15, 0.2) is 0 Å². The summed E-state index contributed by atoms with van der Waals surface area (Å²) in [5.41, 5.74) is 1.18. The van der Waals surface area contributed by atoms with E-state index in [1.54, 1.807) is 0 Å². The summed E-state index contributed by atoms with van der Waals surface area (Å²) in [4.78, 5) is 15.3. The fourth-order valence-corrected chi connectivity index (χ4v) is 3.61. The second kappa shape index (κ2) is 8.15. The average Bonchev–Trinajstić information content (AvgIpc) is 3.29. The molecule has 0 aliphatic carbocycles. The minimum absolute atomic E-state index is 0.109. The third-order valence-electron chi connectivity index (χ3n) is 4.98. The minimum Gasteiger partial charge on any atom is -0.353 e. The molecule has 0 radical (unpaired) electrons. The molecule has 1 aromatic carbocycles. The number of likely N-dealkylation sites (N-methyl/N-ethyl adjacent to an activating group) is 1. The average molecular weight is 325 g/mol. The summed E-state index contributed by atoms with van der Waals surface area (Å²) in [6, 6.07) is 14.5. The highest BCUT2D eigenvalue weighted by Crippen LogP contribution is 2.18. The van der Waals surface area contributed by atoms with Crippen molar-refractivity contribution in [1.82, 2.24) is 14.8 Å². The van der Waals surface area contributed by atoms with E-state index in [0.717, 1.165) is 19.6 Å². The van der Waals surface area contributed by atoms with Gasteiger partial charge in [0.2, 0.25) is 5.91 Å². The SMILES string of the molecule is CCN1CCC[C@H]1CNC(=O)[C@@H](Cc1ccccc1)n1cccc1. The van der Waals surface area contributed by atoms with Gasteiger partial charge in [0.25, 0.3) is 0 Å². The fourth-order valence-electron chi connectivity index (χ4n) is 3.61. The van der Waals surface area contributed by atoms with Crippen molar-refractivity contribution in [2.24, 2.45) is 0 Å². The minimum atomic E-state index is -0.195. The van der Waals surface area contributed by atoms with Crippen LogP contribution in [-0.2, 0) is 11.2 Å². The maximum absolute atomic E-state index is 12.8. The number of rotatable bonds is 7. The van der Waals surface area contributed by atoms with Crippen LogP contribution in [0.2, 0.25) is 0 Å². The first kappa shape index (κ1) is 16.8. The van der Waals surface area contributed by atoms with Gasteiger partial charge in [0.1, 0.15) is 6.04 Å². The largest absolute Gasteiger partial charge is 0.353 e. The van der Waals surface area contributed by atoms with Crippen molar-refractivity contribution in [3.8, 4) is 0 Å². The molecule has 1 amide bonds. The quantitative estimate of drug-likeness (QED) is 0.850. The molecule has 1 aliphatic heterocycles. The third kappa shape index (κ3) is 4.06. The first-order valence-electron chi connectivity index (χ1n) is 8.96. The van der Waals surface area contributed by atoms with Crippen molar-refractivity contribution in [2.75, 3.05) is 19.6 Å². The standard InChI is InChI=1S/C20H27N3O/c1-2-22-14-8-11-18(22)16-21-20(24)19(23-12-6-7-13-23)15-17-9-4-3-5-10-17/h3-7,9-10,12-13,18-19H,2,8,11,14-16H2,1H3,(H,21,24)/t18-,19+/m0/s1. The smallest absolute Gasteiger partial charge is 0.243 e. The predicted octanol–water partition coefficient (Wildman–Crippen LogP) is 2.87. The van der Waals surface area contributed by atoms with Gasteiger partial charge in [-0.1, -0.05) is 37.3 Å². The van der Waals surface area contributed by atoms with Crippen LogP contribution in [0.25, 0.3) is 0 Å². The Hall–Kier alpha value is -2.07. The van der Waals surface area contributed by atoms with Crippen LogP contribution < -0.4 is 5.32 Å². The zero-order valence-corrected chi connectivity index (χ0v) is 14.4. The molecule has 0 bridgehead atoms. The topological polar surface area (TPSA) is 37.3 Å². The van der Waals surface area contributed by atoms with Gasteiger partial charge < -0.3 is 9.88 Å². The van der Waals surface area contributed by atoms with Crippen molar-refractivity contribution in [3.63, 3.8) is 0 Å². The second-order valence-corrected chi connectivity index (χ2v) is 6.51. The Balaban J connectivity index is 1.65. The zero-order chi connectivity index (χ0) is 16.8. The molecule has 1 aliphatic rings. The number of nitrogens with zero attached hydrogens (tertiary/aromatic N) is 2. The van der Waals surface area contributed by atoms with Crippen LogP contribution in [0, 0.1) is 0 Å². The zero-order valence-electron chi connectivity index (χ0n) is 14.4. The molecule has 128 valence electrons. The highest BCUT2D eigenvalue weighted by Gasteiger charge is 2.25. The van der Waals surface area contributed by atoms with Crippen LogP contribution in [0.3, 0.4) is 0 Å². The van der Waals surface area contributed by atoms with E-state index in [1.807, 2.05) is 47.3 Å². The van der Waals surface area contributed by atoms with Gasteiger partial charge in [-0.25, -0.2) is 0 Å². The van der Waals surface area contributed by atoms with Gasteiger partial charge >= 0.3 is 0 Å². The number of nitrogens with one attached hydrogen (secondary N) is 1. The molecule has 4 heteroatoms. The summed E-state index contributed by atoms with van der Waals surface area (Å²) in [6.07, 6.45) is 7.08. The Labute approximate surface area is 144 Å². The van der Waals surface area contributed by atoms with Gasteiger partial charge in [-0.05, 0) is 43.6 Å². The lowest BCUT2D eigenvalue weighted by Crippen LogP contribution is -2.42. The number of aromatic nitrogens is 1. The lowest BCUT2D eigenvalue weighted by Gasteiger charge is -2.25. The monoisotopic (exact) mass is 325 g/mol. The maximum atomic E-state index is 12.8. The molecule has 4 nitrogen and oxygen atoms in total. The molecule has 1 saturated heterocycles. The first-order valence-corrected chi connectivity index (χ1v) is 8.96. The Kier molecular flexibility index (Phi) is 5.70. The van der Waals surface area contributed by atoms with Gasteiger partial charge in [-0.15, -0.1) is 0 Å². The number of benzene rings is 1. The predicted molar refractivity (Wildman–Crippen MR) is 96.9 cm³/mol. The van der Waals surface area contributed by atoms with Crippen molar-refractivity contribution in [1.29, 1.82) is 0 Å². The van der Waals surface area contributed by atoms with E-state index in [4.69, 9.17) is 0 Å². The highest BCUT2D eigenvalue weighted by molar-refractivity contribution is 5.80. The Morgan fingerprint density at radius 3 is 2.67 bits per heavy atom. The van der Waals surface area contributed by atoms with Gasteiger partial charge in [0.05, 0.1) is 0 Å². The molecule has 1 N–H and O–H groups in total. The summed E-state index contributed by atoms with van der Waals surface area (Å²) in [7, 11) is 0. The summed E-state index contributed by atoms with van der Waals surface area (Å²) >= 11 is 0. The molecule has 3 rings (SSSR count). The van der Waals surface area contributed by atoms with Crippen molar-refractivity contribution in [3.05, 3.63) is 60.4 Å². The van der Waals surface area contributed by atoms with E-state index in [2.05, 4.69) is 29.3 Å². The fraction of sp³-hybridized carbons (Fsp3) is 0.450. The van der Waals surface area contributed by atoms with Crippen molar-refractivity contribution < 1.29 is 4.79 Å². The summed E-state index contributed by atoms with van der Waals surface area (Å²) in [5.74, 6) is 0.109. The lowest BCUT2D eigenvalue weighted by atomic mass is 10.0. The van der Waals surface area contributed by atoms with Crippen LogP contribution in [0.4, 0.5) is 0 Å². The summed E-state index contributed by atoms with van der Waals surface area (Å²) in [5, 5.41) is 3.20. The Bertz CT molecular complexity index is 624. The highest BCUT2D eigenvalue weighted by atomic mass is 16.2. The Morgan fingerprint density at radius 2 is 1.96 bits per heavy atom. The van der Waals surface area contributed by atoms with Gasteiger partial charge in [-0.2, -0.15) is 0 Å². The number of amides is 1. The number of carbonyl (C=O) groups excluding carboxylic acids is 1. The lowest BCUT2D eigenvalue weighted by molar-refractivity contribution is -0.124. The Morgan fingerprint density at radius 1 is 1.21 bits per heavy atom. The molecule has 24 heavy (non-hydrogen) atoms. The second-order valence-electron chi connectivity index (χ2n) is 6.51. The van der Waals surface area contributed by atoms with E-state index < -0.39 is 0 Å². The molecule has 2 atom stereocenters. The summed E-state index contributed by atoms with van der Waals surface area (Å²) < 4.78 is 2.01.